The summed E-state index contributed by atoms with van der Waals surface area (Å²) >= 11 is 0. The van der Waals surface area contributed by atoms with E-state index in [0.717, 1.165) is 28.8 Å². The van der Waals surface area contributed by atoms with Crippen molar-refractivity contribution in [2.45, 2.75) is 19.6 Å². The van der Waals surface area contributed by atoms with Crippen molar-refractivity contribution in [3.63, 3.8) is 0 Å². The molecule has 0 spiro atoms. The van der Waals surface area contributed by atoms with Gasteiger partial charge >= 0.3 is 0 Å². The lowest BCUT2D eigenvalue weighted by Gasteiger charge is -2.12. The average molecular weight is 411 g/mol. The van der Waals surface area contributed by atoms with Crippen LogP contribution in [-0.2, 0) is 19.6 Å². The van der Waals surface area contributed by atoms with E-state index in [0.29, 0.717) is 24.7 Å². The molecule has 0 amide bonds. The Morgan fingerprint density at radius 2 is 1.77 bits per heavy atom. The minimum Gasteiger partial charge on any atom is -0.493 e. The molecule has 0 bridgehead atoms. The molecular weight excluding hydrogens is 384 g/mol. The van der Waals surface area contributed by atoms with Crippen LogP contribution in [0.1, 0.15) is 17.0 Å². The van der Waals surface area contributed by atoms with Crippen LogP contribution in [0.4, 0.5) is 0 Å². The van der Waals surface area contributed by atoms with E-state index in [4.69, 9.17) is 14.5 Å². The van der Waals surface area contributed by atoms with E-state index < -0.39 is 0 Å². The first-order chi connectivity index (χ1) is 15.3. The van der Waals surface area contributed by atoms with Gasteiger partial charge in [-0.3, -0.25) is 0 Å². The maximum atomic E-state index is 6.12. The number of fused-ring (bicyclic) bond motifs is 1. The van der Waals surface area contributed by atoms with Crippen molar-refractivity contribution in [3.8, 4) is 11.5 Å². The molecule has 0 N–H and O–H groups in total. The van der Waals surface area contributed by atoms with E-state index in [9.17, 15) is 0 Å². The first kappa shape index (κ1) is 20.5. The second-order valence-corrected chi connectivity index (χ2v) is 7.21. The molecule has 0 saturated carbocycles. The van der Waals surface area contributed by atoms with E-state index in [1.807, 2.05) is 60.7 Å². The summed E-state index contributed by atoms with van der Waals surface area (Å²) in [5, 5.41) is 0. The van der Waals surface area contributed by atoms with Gasteiger partial charge in [0.1, 0.15) is 12.4 Å². The Hall–Kier alpha value is -3.79. The summed E-state index contributed by atoms with van der Waals surface area (Å²) in [6.45, 7) is 4.86. The number of ether oxygens (including phenoxy) is 2. The van der Waals surface area contributed by atoms with Gasteiger partial charge in [0.2, 0.25) is 0 Å². The molecule has 156 valence electrons. The zero-order valence-electron chi connectivity index (χ0n) is 17.7. The lowest BCUT2D eigenvalue weighted by atomic mass is 10.1. The molecule has 4 heteroatoms. The summed E-state index contributed by atoms with van der Waals surface area (Å²) < 4.78 is 13.8. The number of rotatable bonds is 9. The quantitative estimate of drug-likeness (QED) is 0.314. The summed E-state index contributed by atoms with van der Waals surface area (Å²) in [5.74, 6) is 2.29. The number of para-hydroxylation sites is 2. The largest absolute Gasteiger partial charge is 0.493 e. The predicted octanol–water partition coefficient (Wildman–Crippen LogP) is 6.07. The molecule has 0 atom stereocenters. The number of nitrogens with zero attached hydrogens (tertiary/aromatic N) is 2. The summed E-state index contributed by atoms with van der Waals surface area (Å²) in [6.07, 6.45) is 6.94. The SMILES string of the molecule is C=CCc1ccc(OCc2nc3ccccc3n2C/C=C/c2ccccc2)c(OC)c1. The van der Waals surface area contributed by atoms with Gasteiger partial charge in [0.05, 0.1) is 18.1 Å². The third kappa shape index (κ3) is 4.86. The fourth-order valence-electron chi connectivity index (χ4n) is 3.56. The average Bonchev–Trinajstić information content (AvgIpc) is 3.16. The van der Waals surface area contributed by atoms with Crippen molar-refractivity contribution < 1.29 is 9.47 Å². The second-order valence-electron chi connectivity index (χ2n) is 7.21. The minimum atomic E-state index is 0.352. The van der Waals surface area contributed by atoms with Crippen molar-refractivity contribution >= 4 is 17.1 Å². The first-order valence-electron chi connectivity index (χ1n) is 10.3. The first-order valence-corrected chi connectivity index (χ1v) is 10.3. The van der Waals surface area contributed by atoms with Crippen LogP contribution >= 0.6 is 0 Å². The fourth-order valence-corrected chi connectivity index (χ4v) is 3.56. The van der Waals surface area contributed by atoms with Gasteiger partial charge in [0.25, 0.3) is 0 Å². The van der Waals surface area contributed by atoms with Crippen molar-refractivity contribution in [2.24, 2.45) is 0 Å². The summed E-state index contributed by atoms with van der Waals surface area (Å²) in [7, 11) is 1.66. The lowest BCUT2D eigenvalue weighted by molar-refractivity contribution is 0.273. The Balaban J connectivity index is 1.57. The molecular formula is C27H26N2O2. The van der Waals surface area contributed by atoms with Crippen molar-refractivity contribution in [2.75, 3.05) is 7.11 Å². The highest BCUT2D eigenvalue weighted by Crippen LogP contribution is 2.29. The van der Waals surface area contributed by atoms with Gasteiger partial charge in [-0.25, -0.2) is 4.98 Å². The predicted molar refractivity (Wildman–Crippen MR) is 126 cm³/mol. The zero-order valence-corrected chi connectivity index (χ0v) is 17.7. The van der Waals surface area contributed by atoms with Crippen LogP contribution in [0.5, 0.6) is 11.5 Å². The third-order valence-electron chi connectivity index (χ3n) is 5.10. The monoisotopic (exact) mass is 410 g/mol. The van der Waals surface area contributed by atoms with Gasteiger partial charge in [-0.1, -0.05) is 66.8 Å². The molecule has 0 radical (unpaired) electrons. The molecule has 4 nitrogen and oxygen atoms in total. The molecule has 3 aromatic carbocycles. The van der Waals surface area contributed by atoms with Crippen LogP contribution in [0.25, 0.3) is 17.1 Å². The Labute approximate surface area is 183 Å². The zero-order chi connectivity index (χ0) is 21.5. The van der Waals surface area contributed by atoms with Crippen molar-refractivity contribution in [1.82, 2.24) is 9.55 Å². The van der Waals surface area contributed by atoms with Gasteiger partial charge < -0.3 is 14.0 Å². The highest BCUT2D eigenvalue weighted by molar-refractivity contribution is 5.76. The molecule has 4 rings (SSSR count). The van der Waals surface area contributed by atoms with Gasteiger partial charge in [0.15, 0.2) is 11.5 Å². The Bertz CT molecular complexity index is 1190. The Morgan fingerprint density at radius 3 is 2.58 bits per heavy atom. The van der Waals surface area contributed by atoms with Crippen LogP contribution in [0.2, 0.25) is 0 Å². The number of hydrogen-bond donors (Lipinski definition) is 0. The number of allylic oxidation sites excluding steroid dienone is 2. The normalized spacial score (nSPS) is 11.1. The lowest BCUT2D eigenvalue weighted by Crippen LogP contribution is -2.07. The number of benzene rings is 3. The molecule has 0 fully saturated rings. The molecule has 31 heavy (non-hydrogen) atoms. The smallest absolute Gasteiger partial charge is 0.161 e. The summed E-state index contributed by atoms with van der Waals surface area (Å²) in [6, 6.07) is 24.4. The van der Waals surface area contributed by atoms with E-state index in [1.54, 1.807) is 7.11 Å². The molecule has 0 saturated heterocycles. The summed E-state index contributed by atoms with van der Waals surface area (Å²) in [5.41, 5.74) is 4.36. The minimum absolute atomic E-state index is 0.352. The third-order valence-corrected chi connectivity index (χ3v) is 5.10. The van der Waals surface area contributed by atoms with Crippen molar-refractivity contribution in [1.29, 1.82) is 0 Å². The highest BCUT2D eigenvalue weighted by Gasteiger charge is 2.12. The number of hydrogen-bond acceptors (Lipinski definition) is 3. The summed E-state index contributed by atoms with van der Waals surface area (Å²) in [4.78, 5) is 4.81. The van der Waals surface area contributed by atoms with Gasteiger partial charge in [-0.2, -0.15) is 0 Å². The maximum absolute atomic E-state index is 6.12. The molecule has 1 aromatic heterocycles. The highest BCUT2D eigenvalue weighted by atomic mass is 16.5. The topological polar surface area (TPSA) is 36.3 Å². The number of methoxy groups -OCH3 is 1. The molecule has 0 aliphatic heterocycles. The standard InChI is InChI=1S/C27H26N2O2/c1-3-10-22-16-17-25(26(19-22)30-2)31-20-27-28-23-14-7-8-15-24(23)29(27)18-9-13-21-11-5-4-6-12-21/h3-9,11-17,19H,1,10,18,20H2,2H3/b13-9+. The molecule has 1 heterocycles. The van der Waals surface area contributed by atoms with E-state index in [1.165, 1.54) is 5.56 Å². The molecule has 0 aliphatic carbocycles. The van der Waals surface area contributed by atoms with Crippen LogP contribution in [0, 0.1) is 0 Å². The van der Waals surface area contributed by atoms with E-state index >= 15 is 0 Å². The van der Waals surface area contributed by atoms with Crippen LogP contribution in [-0.4, -0.2) is 16.7 Å². The molecule has 4 aromatic rings. The van der Waals surface area contributed by atoms with E-state index in [2.05, 4.69) is 41.5 Å². The van der Waals surface area contributed by atoms with Gasteiger partial charge in [0, 0.05) is 6.54 Å². The molecule has 0 unspecified atom stereocenters. The number of aromatic nitrogens is 2. The van der Waals surface area contributed by atoms with Crippen LogP contribution in [0.3, 0.4) is 0 Å². The van der Waals surface area contributed by atoms with Crippen molar-refractivity contribution in [3.05, 3.63) is 108 Å². The van der Waals surface area contributed by atoms with Gasteiger partial charge in [-0.05, 0) is 41.8 Å². The van der Waals surface area contributed by atoms with Crippen LogP contribution < -0.4 is 9.47 Å². The Kier molecular flexibility index (Phi) is 6.48. The fraction of sp³-hybridized carbons (Fsp3) is 0.148. The molecule has 0 aliphatic rings. The maximum Gasteiger partial charge on any atom is 0.161 e. The van der Waals surface area contributed by atoms with Crippen LogP contribution in [0.15, 0.2) is 91.5 Å². The number of imidazole rings is 1. The second kappa shape index (κ2) is 9.81. The van der Waals surface area contributed by atoms with E-state index in [-0.39, 0.29) is 0 Å². The van der Waals surface area contributed by atoms with Gasteiger partial charge in [-0.15, -0.1) is 6.58 Å². The Morgan fingerprint density at radius 1 is 0.968 bits per heavy atom.